The first-order chi connectivity index (χ1) is 11.1. The number of nitrogens with one attached hydrogen (secondary N) is 1. The number of thioether (sulfide) groups is 1. The maximum atomic E-state index is 12.4. The van der Waals surface area contributed by atoms with Gasteiger partial charge in [-0.05, 0) is 37.4 Å². The van der Waals surface area contributed by atoms with Gasteiger partial charge in [0.2, 0.25) is 0 Å². The van der Waals surface area contributed by atoms with Crippen molar-refractivity contribution in [1.82, 2.24) is 5.32 Å². The van der Waals surface area contributed by atoms with E-state index in [1.165, 1.54) is 11.8 Å². The third-order valence-corrected chi connectivity index (χ3v) is 3.51. The Morgan fingerprint density at radius 3 is 2.57 bits per heavy atom. The average molecular weight is 325 g/mol. The molecule has 6 heteroatoms. The van der Waals surface area contributed by atoms with Gasteiger partial charge in [0.1, 0.15) is 5.75 Å². The van der Waals surface area contributed by atoms with E-state index in [0.717, 1.165) is 5.56 Å². The summed E-state index contributed by atoms with van der Waals surface area (Å²) in [6.07, 6.45) is 3.60. The first kappa shape index (κ1) is 16.6. The van der Waals surface area contributed by atoms with Gasteiger partial charge in [0.05, 0.1) is 11.3 Å². The number of benzene rings is 2. The van der Waals surface area contributed by atoms with Gasteiger partial charge in [-0.25, -0.2) is 9.79 Å². The highest BCUT2D eigenvalue weighted by Gasteiger charge is 2.13. The number of aryl methyl sites for hydroxylation is 1. The molecule has 0 saturated heterocycles. The molecule has 116 valence electrons. The van der Waals surface area contributed by atoms with Crippen LogP contribution in [0.2, 0.25) is 0 Å². The van der Waals surface area contributed by atoms with Crippen LogP contribution in [0.4, 0.5) is 5.69 Å². The number of para-hydroxylation sites is 1. The number of amidine groups is 1. The molecule has 5 nitrogen and oxygen atoms in total. The summed E-state index contributed by atoms with van der Waals surface area (Å²) in [7, 11) is 0. The van der Waals surface area contributed by atoms with E-state index in [0.29, 0.717) is 22.2 Å². The molecule has 2 aromatic carbocycles. The van der Waals surface area contributed by atoms with E-state index in [-0.39, 0.29) is 0 Å². The van der Waals surface area contributed by atoms with Gasteiger partial charge < -0.3 is 4.74 Å². The normalized spacial score (nSPS) is 10.7. The van der Waals surface area contributed by atoms with Gasteiger partial charge in [-0.3, -0.25) is 5.32 Å². The van der Waals surface area contributed by atoms with Crippen LogP contribution in [0.3, 0.4) is 0 Å². The molecule has 0 aliphatic heterocycles. The summed E-state index contributed by atoms with van der Waals surface area (Å²) in [4.78, 5) is 16.7. The Morgan fingerprint density at radius 1 is 1.22 bits per heavy atom. The zero-order chi connectivity index (χ0) is 16.7. The largest absolute Gasteiger partial charge is 0.423 e. The molecule has 0 heterocycles. The third kappa shape index (κ3) is 4.59. The molecule has 23 heavy (non-hydrogen) atoms. The first-order valence-corrected chi connectivity index (χ1v) is 8.02. The summed E-state index contributed by atoms with van der Waals surface area (Å²) in [5, 5.41) is 11.6. The number of rotatable bonds is 3. The van der Waals surface area contributed by atoms with Crippen molar-refractivity contribution in [3.63, 3.8) is 0 Å². The smallest absolute Gasteiger partial charge is 0.345 e. The van der Waals surface area contributed by atoms with Crippen molar-refractivity contribution in [1.29, 1.82) is 5.26 Å². The monoisotopic (exact) mass is 325 g/mol. The molecular formula is C17H15N3O2S. The maximum Gasteiger partial charge on any atom is 0.345 e. The number of carbonyl (C=O) groups excluding carboxylic acids is 1. The number of carbonyl (C=O) groups is 1. The molecule has 0 aromatic heterocycles. The van der Waals surface area contributed by atoms with Crippen LogP contribution >= 0.6 is 11.8 Å². The van der Waals surface area contributed by atoms with E-state index >= 15 is 0 Å². The van der Waals surface area contributed by atoms with Crippen LogP contribution in [0, 0.1) is 18.4 Å². The zero-order valence-corrected chi connectivity index (χ0v) is 13.6. The lowest BCUT2D eigenvalue weighted by Gasteiger charge is -2.08. The molecule has 2 aromatic rings. The number of esters is 1. The quantitative estimate of drug-likeness (QED) is 0.233. The summed E-state index contributed by atoms with van der Waals surface area (Å²) in [5.74, 6) is -0.0229. The fourth-order valence-electron chi connectivity index (χ4n) is 1.79. The highest BCUT2D eigenvalue weighted by atomic mass is 32.2. The summed E-state index contributed by atoms with van der Waals surface area (Å²) in [6, 6.07) is 14.1. The Bertz CT molecular complexity index is 764. The number of hydrogen-bond donors (Lipinski definition) is 1. The van der Waals surface area contributed by atoms with Crippen LogP contribution in [0.25, 0.3) is 0 Å². The van der Waals surface area contributed by atoms with E-state index in [4.69, 9.17) is 10.00 Å². The van der Waals surface area contributed by atoms with Crippen LogP contribution in [0.1, 0.15) is 15.9 Å². The Kier molecular flexibility index (Phi) is 5.78. The number of nitrogens with zero attached hydrogens (tertiary/aromatic N) is 2. The lowest BCUT2D eigenvalue weighted by atomic mass is 10.2. The second-order valence-corrected chi connectivity index (χ2v) is 5.37. The second kappa shape index (κ2) is 8.01. The minimum absolute atomic E-state index is 0.333. The van der Waals surface area contributed by atoms with Crippen LogP contribution in [-0.4, -0.2) is 17.4 Å². The van der Waals surface area contributed by atoms with E-state index in [9.17, 15) is 4.79 Å². The standard InChI is InChI=1S/C17H15N3O2S/c1-12-7-9-13(10-8-12)22-16(21)14-5-3-4-6-15(14)20-17(23-2)19-11-18/h3-10H,1-2H3,(H,19,20). The molecule has 2 rings (SSSR count). The van der Waals surface area contributed by atoms with Gasteiger partial charge in [0, 0.05) is 0 Å². The molecule has 0 atom stereocenters. The maximum absolute atomic E-state index is 12.4. The Hall–Kier alpha value is -2.78. The molecule has 0 bridgehead atoms. The van der Waals surface area contributed by atoms with Crippen molar-refractivity contribution in [2.45, 2.75) is 6.92 Å². The predicted molar refractivity (Wildman–Crippen MR) is 91.9 cm³/mol. The van der Waals surface area contributed by atoms with Crippen molar-refractivity contribution in [3.05, 3.63) is 59.7 Å². The third-order valence-electron chi connectivity index (χ3n) is 2.93. The highest BCUT2D eigenvalue weighted by Crippen LogP contribution is 2.22. The summed E-state index contributed by atoms with van der Waals surface area (Å²) < 4.78 is 5.37. The Labute approximate surface area is 139 Å². The molecule has 0 amide bonds. The van der Waals surface area contributed by atoms with Crippen molar-refractivity contribution in [3.8, 4) is 11.9 Å². The molecule has 0 aliphatic carbocycles. The average Bonchev–Trinajstić information content (AvgIpc) is 2.57. The van der Waals surface area contributed by atoms with Crippen molar-refractivity contribution in [2.24, 2.45) is 4.99 Å². The number of nitriles is 1. The van der Waals surface area contributed by atoms with Gasteiger partial charge in [0.15, 0.2) is 11.4 Å². The summed E-state index contributed by atoms with van der Waals surface area (Å²) in [6.45, 7) is 1.96. The van der Waals surface area contributed by atoms with E-state index in [2.05, 4.69) is 10.3 Å². The van der Waals surface area contributed by atoms with Gasteiger partial charge >= 0.3 is 5.97 Å². The molecular weight excluding hydrogens is 310 g/mol. The van der Waals surface area contributed by atoms with Gasteiger partial charge in [-0.2, -0.15) is 5.26 Å². The number of ether oxygens (including phenoxy) is 1. The lowest BCUT2D eigenvalue weighted by Crippen LogP contribution is -2.13. The topological polar surface area (TPSA) is 74.5 Å². The number of hydrogen-bond acceptors (Lipinski definition) is 5. The predicted octanol–water partition coefficient (Wildman–Crippen LogP) is 3.64. The fourth-order valence-corrected chi connectivity index (χ4v) is 2.13. The van der Waals surface area contributed by atoms with Crippen LogP contribution in [-0.2, 0) is 0 Å². The second-order valence-electron chi connectivity index (χ2n) is 4.58. The van der Waals surface area contributed by atoms with Crippen LogP contribution < -0.4 is 10.1 Å². The van der Waals surface area contributed by atoms with Gasteiger partial charge in [-0.15, -0.1) is 0 Å². The minimum Gasteiger partial charge on any atom is -0.423 e. The Balaban J connectivity index is 2.27. The molecule has 0 spiro atoms. The fraction of sp³-hybridized carbons (Fsp3) is 0.118. The van der Waals surface area contributed by atoms with Crippen molar-refractivity contribution < 1.29 is 9.53 Å². The molecule has 0 aliphatic rings. The molecule has 0 unspecified atom stereocenters. The summed E-state index contributed by atoms with van der Waals surface area (Å²) >= 11 is 1.28. The van der Waals surface area contributed by atoms with Gasteiger partial charge in [0.25, 0.3) is 0 Å². The Morgan fingerprint density at radius 2 is 1.91 bits per heavy atom. The van der Waals surface area contributed by atoms with Crippen molar-refractivity contribution in [2.75, 3.05) is 6.26 Å². The molecule has 1 N–H and O–H groups in total. The van der Waals surface area contributed by atoms with E-state index in [1.807, 2.05) is 25.2 Å². The summed E-state index contributed by atoms with van der Waals surface area (Å²) in [5.41, 5.74) is 1.86. The minimum atomic E-state index is -0.495. The molecule has 0 radical (unpaired) electrons. The molecule has 0 fully saturated rings. The highest BCUT2D eigenvalue weighted by molar-refractivity contribution is 8.13. The van der Waals surface area contributed by atoms with Gasteiger partial charge in [-0.1, -0.05) is 41.6 Å². The SMILES string of the molecule is CSC(=Nc1ccccc1C(=O)Oc1ccc(C)cc1)NC#N. The van der Waals surface area contributed by atoms with E-state index < -0.39 is 5.97 Å². The van der Waals surface area contributed by atoms with E-state index in [1.54, 1.807) is 42.7 Å². The van der Waals surface area contributed by atoms with Crippen LogP contribution in [0.5, 0.6) is 5.75 Å². The first-order valence-electron chi connectivity index (χ1n) is 6.79. The van der Waals surface area contributed by atoms with Crippen molar-refractivity contribution >= 4 is 28.6 Å². The molecule has 0 saturated carbocycles. The van der Waals surface area contributed by atoms with Crippen LogP contribution in [0.15, 0.2) is 53.5 Å². The lowest BCUT2D eigenvalue weighted by molar-refractivity contribution is 0.0735. The zero-order valence-electron chi connectivity index (χ0n) is 12.7. The number of aliphatic imine (C=N–C) groups is 1.